The third-order valence-corrected chi connectivity index (χ3v) is 4.94. The lowest BCUT2D eigenvalue weighted by Crippen LogP contribution is -2.41. The first-order valence-corrected chi connectivity index (χ1v) is 8.13. The summed E-state index contributed by atoms with van der Waals surface area (Å²) in [5, 5.41) is 3.68. The summed E-state index contributed by atoms with van der Waals surface area (Å²) in [5.41, 5.74) is 0.344. The predicted molar refractivity (Wildman–Crippen MR) is 70.2 cm³/mol. The molecular formula is C12H18N2O5S. The molecule has 0 N–H and O–H groups in total. The molecule has 1 atom stereocenters. The Hall–Kier alpha value is -1.41. The second-order valence-corrected chi connectivity index (χ2v) is 6.63. The van der Waals surface area contributed by atoms with E-state index in [0.29, 0.717) is 30.8 Å². The molecule has 0 spiro atoms. The minimum absolute atomic E-state index is 0.242. The number of hydrogen-bond donors (Lipinski definition) is 0. The van der Waals surface area contributed by atoms with E-state index in [1.807, 2.05) is 0 Å². The molecule has 2 heterocycles. The van der Waals surface area contributed by atoms with Gasteiger partial charge in [-0.05, 0) is 26.7 Å². The largest absolute Gasteiger partial charge is 0.465 e. The molecule has 0 saturated carbocycles. The topological polar surface area (TPSA) is 89.7 Å². The van der Waals surface area contributed by atoms with E-state index >= 15 is 0 Å². The zero-order chi connectivity index (χ0) is 14.8. The minimum atomic E-state index is -3.60. The number of aromatic nitrogens is 1. The molecule has 2 rings (SSSR count). The highest BCUT2D eigenvalue weighted by molar-refractivity contribution is 7.88. The van der Waals surface area contributed by atoms with E-state index < -0.39 is 22.0 Å². The van der Waals surface area contributed by atoms with Crippen molar-refractivity contribution >= 4 is 16.0 Å². The minimum Gasteiger partial charge on any atom is -0.465 e. The number of ether oxygens (including phenoxy) is 1. The second-order valence-electron chi connectivity index (χ2n) is 4.71. The van der Waals surface area contributed by atoms with Gasteiger partial charge < -0.3 is 9.26 Å². The van der Waals surface area contributed by atoms with Crippen molar-refractivity contribution in [1.82, 2.24) is 9.46 Å². The number of carbonyl (C=O) groups excluding carboxylic acids is 1. The average molecular weight is 302 g/mol. The quantitative estimate of drug-likeness (QED) is 0.749. The zero-order valence-corrected chi connectivity index (χ0v) is 12.4. The van der Waals surface area contributed by atoms with Crippen molar-refractivity contribution in [2.45, 2.75) is 38.5 Å². The van der Waals surface area contributed by atoms with Crippen LogP contribution >= 0.6 is 0 Å². The van der Waals surface area contributed by atoms with E-state index in [1.54, 1.807) is 19.9 Å². The van der Waals surface area contributed by atoms with Gasteiger partial charge in [0.25, 0.3) is 0 Å². The van der Waals surface area contributed by atoms with Crippen LogP contribution in [0.15, 0.2) is 10.6 Å². The summed E-state index contributed by atoms with van der Waals surface area (Å²) in [6, 6.07) is 0.862. The highest BCUT2D eigenvalue weighted by Crippen LogP contribution is 2.24. The molecule has 8 heteroatoms. The highest BCUT2D eigenvalue weighted by Gasteiger charge is 2.39. The Morgan fingerprint density at radius 3 is 2.95 bits per heavy atom. The van der Waals surface area contributed by atoms with E-state index in [0.717, 1.165) is 0 Å². The van der Waals surface area contributed by atoms with Crippen LogP contribution in [0.1, 0.15) is 31.2 Å². The first-order chi connectivity index (χ1) is 9.44. The van der Waals surface area contributed by atoms with Gasteiger partial charge in [0, 0.05) is 12.6 Å². The molecule has 1 aromatic rings. The average Bonchev–Trinajstić information content (AvgIpc) is 2.98. The fourth-order valence-electron chi connectivity index (χ4n) is 2.30. The van der Waals surface area contributed by atoms with Crippen LogP contribution in [-0.2, 0) is 25.3 Å². The molecule has 0 aromatic carbocycles. The molecule has 0 aliphatic carbocycles. The smallest absolute Gasteiger partial charge is 0.324 e. The Balaban J connectivity index is 2.13. The van der Waals surface area contributed by atoms with Crippen LogP contribution in [0, 0.1) is 6.92 Å². The van der Waals surface area contributed by atoms with Gasteiger partial charge in [-0.1, -0.05) is 5.16 Å². The maximum Gasteiger partial charge on any atom is 0.324 e. The molecule has 20 heavy (non-hydrogen) atoms. The molecule has 1 unspecified atom stereocenters. The maximum atomic E-state index is 12.4. The van der Waals surface area contributed by atoms with Gasteiger partial charge in [-0.3, -0.25) is 4.79 Å². The Bertz CT molecular complexity index is 580. The molecule has 0 bridgehead atoms. The van der Waals surface area contributed by atoms with E-state index in [2.05, 4.69) is 5.16 Å². The summed E-state index contributed by atoms with van der Waals surface area (Å²) < 4.78 is 35.7. The zero-order valence-electron chi connectivity index (χ0n) is 11.5. The van der Waals surface area contributed by atoms with Crippen molar-refractivity contribution in [1.29, 1.82) is 0 Å². The Labute approximate surface area is 117 Å². The van der Waals surface area contributed by atoms with Crippen LogP contribution in [-0.4, -0.2) is 43.0 Å². The van der Waals surface area contributed by atoms with Crippen molar-refractivity contribution in [2.75, 3.05) is 13.2 Å². The van der Waals surface area contributed by atoms with Gasteiger partial charge in [-0.2, -0.15) is 4.31 Å². The van der Waals surface area contributed by atoms with Gasteiger partial charge in [0.15, 0.2) is 0 Å². The standard InChI is InChI=1S/C12H18N2O5S/c1-3-18-12(15)11-5-4-6-14(11)20(16,17)8-10-7-9(2)19-13-10/h7,11H,3-6,8H2,1-2H3. The van der Waals surface area contributed by atoms with Crippen molar-refractivity contribution in [3.05, 3.63) is 17.5 Å². The third kappa shape index (κ3) is 3.18. The van der Waals surface area contributed by atoms with Crippen LogP contribution in [0.5, 0.6) is 0 Å². The van der Waals surface area contributed by atoms with Crippen LogP contribution in [0.4, 0.5) is 0 Å². The number of carbonyl (C=O) groups is 1. The van der Waals surface area contributed by atoms with E-state index in [4.69, 9.17) is 9.26 Å². The summed E-state index contributed by atoms with van der Waals surface area (Å²) in [6.45, 7) is 3.97. The van der Waals surface area contributed by atoms with Gasteiger partial charge >= 0.3 is 5.97 Å². The number of sulfonamides is 1. The van der Waals surface area contributed by atoms with Gasteiger partial charge in [-0.25, -0.2) is 8.42 Å². The number of hydrogen-bond acceptors (Lipinski definition) is 6. The molecule has 1 aliphatic rings. The summed E-state index contributed by atoms with van der Waals surface area (Å²) in [5.74, 6) is -0.191. The van der Waals surface area contributed by atoms with Gasteiger partial charge in [0.05, 0.1) is 6.61 Å². The Morgan fingerprint density at radius 1 is 1.60 bits per heavy atom. The number of esters is 1. The summed E-state index contributed by atoms with van der Waals surface area (Å²) in [7, 11) is -3.60. The lowest BCUT2D eigenvalue weighted by Gasteiger charge is -2.21. The summed E-state index contributed by atoms with van der Waals surface area (Å²) >= 11 is 0. The SMILES string of the molecule is CCOC(=O)C1CCCN1S(=O)(=O)Cc1cc(C)on1. The van der Waals surface area contributed by atoms with Crippen molar-refractivity contribution in [3.63, 3.8) is 0 Å². The van der Waals surface area contributed by atoms with E-state index in [9.17, 15) is 13.2 Å². The van der Waals surface area contributed by atoms with Crippen LogP contribution in [0.2, 0.25) is 0 Å². The molecule has 0 amide bonds. The second kappa shape index (κ2) is 5.92. The van der Waals surface area contributed by atoms with Crippen molar-refractivity contribution < 1.29 is 22.5 Å². The molecule has 1 fully saturated rings. The van der Waals surface area contributed by atoms with Crippen LogP contribution < -0.4 is 0 Å². The van der Waals surface area contributed by atoms with Gasteiger partial charge in [0.2, 0.25) is 10.0 Å². The number of nitrogens with zero attached hydrogens (tertiary/aromatic N) is 2. The summed E-state index contributed by atoms with van der Waals surface area (Å²) in [6.07, 6.45) is 1.15. The normalized spacial score (nSPS) is 20.2. The Kier molecular flexibility index (Phi) is 4.44. The first-order valence-electron chi connectivity index (χ1n) is 6.52. The van der Waals surface area contributed by atoms with Crippen LogP contribution in [0.3, 0.4) is 0 Å². The molecule has 0 radical (unpaired) electrons. The molecule has 1 aromatic heterocycles. The fourth-order valence-corrected chi connectivity index (χ4v) is 3.96. The predicted octanol–water partition coefficient (Wildman–Crippen LogP) is 0.840. The van der Waals surface area contributed by atoms with Crippen molar-refractivity contribution in [3.8, 4) is 0 Å². The molecule has 7 nitrogen and oxygen atoms in total. The lowest BCUT2D eigenvalue weighted by molar-refractivity contribution is -0.146. The Morgan fingerprint density at radius 2 is 2.35 bits per heavy atom. The number of aryl methyl sites for hydroxylation is 1. The number of rotatable bonds is 5. The van der Waals surface area contributed by atoms with E-state index in [1.165, 1.54) is 4.31 Å². The lowest BCUT2D eigenvalue weighted by atomic mass is 10.2. The van der Waals surface area contributed by atoms with Crippen LogP contribution in [0.25, 0.3) is 0 Å². The summed E-state index contributed by atoms with van der Waals surface area (Å²) in [4.78, 5) is 11.8. The van der Waals surface area contributed by atoms with E-state index in [-0.39, 0.29) is 12.4 Å². The highest BCUT2D eigenvalue weighted by atomic mass is 32.2. The first kappa shape index (κ1) is 15.0. The van der Waals surface area contributed by atoms with Crippen molar-refractivity contribution in [2.24, 2.45) is 0 Å². The maximum absolute atomic E-state index is 12.4. The van der Waals surface area contributed by atoms with Gasteiger partial charge in [-0.15, -0.1) is 0 Å². The monoisotopic (exact) mass is 302 g/mol. The fraction of sp³-hybridized carbons (Fsp3) is 0.667. The third-order valence-electron chi connectivity index (χ3n) is 3.13. The molecular weight excluding hydrogens is 284 g/mol. The molecule has 1 aliphatic heterocycles. The molecule has 112 valence electrons. The molecule has 1 saturated heterocycles. The van der Waals surface area contributed by atoms with Gasteiger partial charge in [0.1, 0.15) is 23.2 Å².